The van der Waals surface area contributed by atoms with Crippen molar-refractivity contribution in [2.45, 2.75) is 32.0 Å². The molecule has 0 radical (unpaired) electrons. The van der Waals surface area contributed by atoms with Gasteiger partial charge < -0.3 is 14.4 Å². The van der Waals surface area contributed by atoms with Gasteiger partial charge in [-0.3, -0.25) is 4.79 Å². The minimum Gasteiger partial charge on any atom is -0.484 e. The highest BCUT2D eigenvalue weighted by molar-refractivity contribution is 5.77. The molecule has 2 aromatic rings. The van der Waals surface area contributed by atoms with Gasteiger partial charge in [-0.25, -0.2) is 0 Å². The van der Waals surface area contributed by atoms with Crippen LogP contribution in [0.1, 0.15) is 24.1 Å². The summed E-state index contributed by atoms with van der Waals surface area (Å²) in [5, 5.41) is 7.88. The van der Waals surface area contributed by atoms with E-state index in [9.17, 15) is 18.0 Å². The lowest BCUT2D eigenvalue weighted by Gasteiger charge is -2.32. The van der Waals surface area contributed by atoms with Gasteiger partial charge in [-0.05, 0) is 44.0 Å². The quantitative estimate of drug-likeness (QED) is 0.778. The summed E-state index contributed by atoms with van der Waals surface area (Å²) in [6, 6.07) is 7.98. The van der Waals surface area contributed by atoms with Gasteiger partial charge in [-0.1, -0.05) is 6.07 Å². The molecule has 0 N–H and O–H groups in total. The predicted molar refractivity (Wildman–Crippen MR) is 93.9 cm³/mol. The molecule has 9 heteroatoms. The molecule has 1 aromatic heterocycles. The van der Waals surface area contributed by atoms with Crippen LogP contribution >= 0.6 is 0 Å². The van der Waals surface area contributed by atoms with E-state index in [4.69, 9.17) is 9.47 Å². The fourth-order valence-electron chi connectivity index (χ4n) is 2.88. The third kappa shape index (κ3) is 5.34. The van der Waals surface area contributed by atoms with E-state index < -0.39 is 11.7 Å². The number of benzene rings is 1. The average molecular weight is 395 g/mol. The molecule has 2 heterocycles. The van der Waals surface area contributed by atoms with Crippen LogP contribution in [0.25, 0.3) is 0 Å². The van der Waals surface area contributed by atoms with Crippen molar-refractivity contribution in [2.75, 3.05) is 19.7 Å². The van der Waals surface area contributed by atoms with Crippen LogP contribution in [0.4, 0.5) is 13.2 Å². The van der Waals surface area contributed by atoms with Gasteiger partial charge in [0.25, 0.3) is 5.91 Å². The Labute approximate surface area is 160 Å². The van der Waals surface area contributed by atoms with E-state index in [2.05, 4.69) is 10.2 Å². The predicted octanol–water partition coefficient (Wildman–Crippen LogP) is 3.25. The monoisotopic (exact) mass is 395 g/mol. The molecular weight excluding hydrogens is 375 g/mol. The maximum atomic E-state index is 12.7. The first-order chi connectivity index (χ1) is 13.3. The van der Waals surface area contributed by atoms with Crippen LogP contribution in [0.5, 0.6) is 11.6 Å². The molecule has 3 rings (SSSR count). The van der Waals surface area contributed by atoms with Gasteiger partial charge in [0, 0.05) is 12.6 Å². The Kier molecular flexibility index (Phi) is 6.01. The topological polar surface area (TPSA) is 64.5 Å². The number of rotatable bonds is 5. The van der Waals surface area contributed by atoms with Gasteiger partial charge in [-0.2, -0.15) is 18.3 Å². The Balaban J connectivity index is 1.53. The number of carbonyl (C=O) groups excluding carboxylic acids is 1. The molecule has 1 aliphatic heterocycles. The maximum absolute atomic E-state index is 12.7. The van der Waals surface area contributed by atoms with Gasteiger partial charge in [0.15, 0.2) is 6.61 Å². The Morgan fingerprint density at radius 2 is 2.07 bits per heavy atom. The molecule has 1 fully saturated rings. The van der Waals surface area contributed by atoms with Gasteiger partial charge >= 0.3 is 6.18 Å². The summed E-state index contributed by atoms with van der Waals surface area (Å²) in [5.74, 6) is 0.0914. The molecule has 0 aliphatic carbocycles. The van der Waals surface area contributed by atoms with E-state index in [1.54, 1.807) is 17.0 Å². The van der Waals surface area contributed by atoms with Crippen LogP contribution in [0, 0.1) is 6.92 Å². The smallest absolute Gasteiger partial charge is 0.416 e. The summed E-state index contributed by atoms with van der Waals surface area (Å²) >= 11 is 0. The molecule has 0 spiro atoms. The number of amides is 1. The van der Waals surface area contributed by atoms with Crippen molar-refractivity contribution >= 4 is 5.91 Å². The summed E-state index contributed by atoms with van der Waals surface area (Å²) in [4.78, 5) is 14.0. The van der Waals surface area contributed by atoms with Crippen molar-refractivity contribution < 1.29 is 27.4 Å². The summed E-state index contributed by atoms with van der Waals surface area (Å²) < 4.78 is 49.3. The molecule has 1 saturated heterocycles. The van der Waals surface area contributed by atoms with Crippen LogP contribution in [0.3, 0.4) is 0 Å². The number of aromatic nitrogens is 2. The number of alkyl halides is 3. The molecular formula is C19H20F3N3O3. The zero-order chi connectivity index (χ0) is 20.1. The second-order valence-electron chi connectivity index (χ2n) is 6.55. The number of ether oxygens (including phenoxy) is 2. The Morgan fingerprint density at radius 1 is 1.25 bits per heavy atom. The first kappa shape index (κ1) is 19.9. The van der Waals surface area contributed by atoms with E-state index >= 15 is 0 Å². The molecule has 1 aliphatic rings. The zero-order valence-electron chi connectivity index (χ0n) is 15.3. The summed E-state index contributed by atoms with van der Waals surface area (Å²) in [5.41, 5.74) is -0.0392. The van der Waals surface area contributed by atoms with E-state index in [0.29, 0.717) is 19.0 Å². The highest BCUT2D eigenvalue weighted by atomic mass is 19.4. The first-order valence-corrected chi connectivity index (χ1v) is 8.86. The Bertz CT molecular complexity index is 812. The van der Waals surface area contributed by atoms with Crippen molar-refractivity contribution in [2.24, 2.45) is 0 Å². The maximum Gasteiger partial charge on any atom is 0.416 e. The van der Waals surface area contributed by atoms with Gasteiger partial charge in [0.2, 0.25) is 5.88 Å². The molecule has 1 aromatic carbocycles. The van der Waals surface area contributed by atoms with Gasteiger partial charge in [0.05, 0.1) is 17.8 Å². The summed E-state index contributed by atoms with van der Waals surface area (Å²) in [6.45, 7) is 2.39. The number of aryl methyl sites for hydroxylation is 1. The average Bonchev–Trinajstić information content (AvgIpc) is 2.68. The summed E-state index contributed by atoms with van der Waals surface area (Å²) in [6.07, 6.45) is -3.16. The van der Waals surface area contributed by atoms with Crippen molar-refractivity contribution in [1.29, 1.82) is 0 Å². The van der Waals surface area contributed by atoms with Crippen molar-refractivity contribution in [3.63, 3.8) is 0 Å². The number of hydrogen-bond acceptors (Lipinski definition) is 5. The van der Waals surface area contributed by atoms with Crippen molar-refractivity contribution in [1.82, 2.24) is 15.1 Å². The van der Waals surface area contributed by atoms with E-state index in [1.165, 1.54) is 12.1 Å². The fourth-order valence-corrected chi connectivity index (χ4v) is 2.88. The highest BCUT2D eigenvalue weighted by Gasteiger charge is 2.31. The molecule has 1 amide bonds. The zero-order valence-corrected chi connectivity index (χ0v) is 15.3. The number of piperidine rings is 1. The number of halogens is 3. The van der Waals surface area contributed by atoms with E-state index in [0.717, 1.165) is 30.7 Å². The van der Waals surface area contributed by atoms with Crippen LogP contribution in [-0.2, 0) is 11.0 Å². The molecule has 150 valence electrons. The van der Waals surface area contributed by atoms with Crippen LogP contribution in [0.2, 0.25) is 0 Å². The number of nitrogens with zero attached hydrogens (tertiary/aromatic N) is 3. The molecule has 0 bridgehead atoms. The Morgan fingerprint density at radius 3 is 2.79 bits per heavy atom. The second-order valence-corrected chi connectivity index (χ2v) is 6.55. The summed E-state index contributed by atoms with van der Waals surface area (Å²) in [7, 11) is 0. The molecule has 1 unspecified atom stereocenters. The second kappa shape index (κ2) is 8.45. The SMILES string of the molecule is Cc1ccc(OC2CCCN(C(=O)COc3cccc(C(F)(F)F)c3)C2)nn1. The van der Waals surface area contributed by atoms with E-state index in [1.807, 2.05) is 6.92 Å². The van der Waals surface area contributed by atoms with Crippen molar-refractivity contribution in [3.05, 3.63) is 47.7 Å². The van der Waals surface area contributed by atoms with Crippen LogP contribution in [0.15, 0.2) is 36.4 Å². The normalized spacial score (nSPS) is 17.3. The first-order valence-electron chi connectivity index (χ1n) is 8.86. The third-order valence-electron chi connectivity index (χ3n) is 4.32. The highest BCUT2D eigenvalue weighted by Crippen LogP contribution is 2.31. The molecule has 0 saturated carbocycles. The lowest BCUT2D eigenvalue weighted by atomic mass is 10.1. The number of likely N-dealkylation sites (tertiary alicyclic amines) is 1. The number of carbonyl (C=O) groups is 1. The largest absolute Gasteiger partial charge is 0.484 e. The van der Waals surface area contributed by atoms with Gasteiger partial charge in [0.1, 0.15) is 11.9 Å². The lowest BCUT2D eigenvalue weighted by molar-refractivity contribution is -0.137. The number of hydrogen-bond donors (Lipinski definition) is 0. The Hall–Kier alpha value is -2.84. The van der Waals surface area contributed by atoms with Crippen LogP contribution < -0.4 is 9.47 Å². The standard InChI is InChI=1S/C19H20F3N3O3/c1-13-7-8-17(24-23-13)28-16-6-3-9-25(11-16)18(26)12-27-15-5-2-4-14(10-15)19(20,21)22/h2,4-5,7-8,10,16H,3,6,9,11-12H2,1H3. The van der Waals surface area contributed by atoms with Crippen molar-refractivity contribution in [3.8, 4) is 11.6 Å². The molecule has 28 heavy (non-hydrogen) atoms. The van der Waals surface area contributed by atoms with E-state index in [-0.39, 0.29) is 24.4 Å². The van der Waals surface area contributed by atoms with Gasteiger partial charge in [-0.15, -0.1) is 5.10 Å². The molecule has 1 atom stereocenters. The third-order valence-corrected chi connectivity index (χ3v) is 4.32. The van der Waals surface area contributed by atoms with Crippen LogP contribution in [-0.4, -0.2) is 46.8 Å². The fraction of sp³-hybridized carbons (Fsp3) is 0.421. The lowest BCUT2D eigenvalue weighted by Crippen LogP contribution is -2.46. The molecule has 6 nitrogen and oxygen atoms in total. The minimum absolute atomic E-state index is 0.00270. The minimum atomic E-state index is -4.46.